The van der Waals surface area contributed by atoms with E-state index in [0.29, 0.717) is 5.41 Å². The van der Waals surface area contributed by atoms with E-state index < -0.39 is 0 Å². The van der Waals surface area contributed by atoms with Crippen molar-refractivity contribution >= 4 is 0 Å². The molecular formula is C14H21NO. The highest BCUT2D eigenvalue weighted by Crippen LogP contribution is 2.33. The fourth-order valence-corrected chi connectivity index (χ4v) is 2.45. The SMILES string of the molecule is COCCCCC1(c2ccccc2)CNC1. The minimum absolute atomic E-state index is 0.398. The van der Waals surface area contributed by atoms with Crippen LogP contribution in [0.25, 0.3) is 0 Å². The first kappa shape index (κ1) is 11.6. The molecule has 1 aliphatic rings. The number of rotatable bonds is 6. The van der Waals surface area contributed by atoms with E-state index in [4.69, 9.17) is 4.74 Å². The quantitative estimate of drug-likeness (QED) is 0.742. The van der Waals surface area contributed by atoms with Gasteiger partial charge in [0, 0.05) is 32.2 Å². The Labute approximate surface area is 98.0 Å². The van der Waals surface area contributed by atoms with Crippen molar-refractivity contribution in [1.82, 2.24) is 5.32 Å². The minimum atomic E-state index is 0.398. The number of nitrogens with one attached hydrogen (secondary N) is 1. The van der Waals surface area contributed by atoms with Crippen molar-refractivity contribution in [2.45, 2.75) is 24.7 Å². The van der Waals surface area contributed by atoms with Gasteiger partial charge in [-0.2, -0.15) is 0 Å². The maximum Gasteiger partial charge on any atom is 0.0462 e. The molecular weight excluding hydrogens is 198 g/mol. The summed E-state index contributed by atoms with van der Waals surface area (Å²) in [5, 5.41) is 3.41. The monoisotopic (exact) mass is 219 g/mol. The average molecular weight is 219 g/mol. The third-order valence-corrected chi connectivity index (χ3v) is 3.57. The molecule has 2 nitrogen and oxygen atoms in total. The van der Waals surface area contributed by atoms with E-state index in [9.17, 15) is 0 Å². The van der Waals surface area contributed by atoms with Crippen molar-refractivity contribution in [3.63, 3.8) is 0 Å². The lowest BCUT2D eigenvalue weighted by Gasteiger charge is -2.43. The van der Waals surface area contributed by atoms with Crippen molar-refractivity contribution in [1.29, 1.82) is 0 Å². The number of ether oxygens (including phenoxy) is 1. The smallest absolute Gasteiger partial charge is 0.0462 e. The summed E-state index contributed by atoms with van der Waals surface area (Å²) in [5.41, 5.74) is 1.89. The van der Waals surface area contributed by atoms with Crippen LogP contribution in [0, 0.1) is 0 Å². The number of unbranched alkanes of at least 4 members (excludes halogenated alkanes) is 1. The molecule has 0 spiro atoms. The molecule has 0 aromatic heterocycles. The van der Waals surface area contributed by atoms with E-state index in [2.05, 4.69) is 35.6 Å². The van der Waals surface area contributed by atoms with Crippen molar-refractivity contribution in [2.75, 3.05) is 26.8 Å². The Bertz CT molecular complexity index is 306. The molecule has 0 radical (unpaired) electrons. The summed E-state index contributed by atoms with van der Waals surface area (Å²) in [7, 11) is 1.78. The van der Waals surface area contributed by atoms with Gasteiger partial charge in [0.25, 0.3) is 0 Å². The molecule has 2 rings (SSSR count). The molecule has 0 saturated carbocycles. The molecule has 0 aliphatic carbocycles. The maximum absolute atomic E-state index is 5.10. The molecule has 0 bridgehead atoms. The molecule has 1 aromatic carbocycles. The second-order valence-electron chi connectivity index (χ2n) is 4.70. The molecule has 2 heteroatoms. The third kappa shape index (κ3) is 2.45. The van der Waals surface area contributed by atoms with Gasteiger partial charge in [0.1, 0.15) is 0 Å². The van der Waals surface area contributed by atoms with Gasteiger partial charge in [-0.15, -0.1) is 0 Å². The van der Waals surface area contributed by atoms with Crippen LogP contribution in [0.2, 0.25) is 0 Å². The summed E-state index contributed by atoms with van der Waals surface area (Å²) < 4.78 is 5.10. The molecule has 0 unspecified atom stereocenters. The first-order valence-corrected chi connectivity index (χ1v) is 6.13. The van der Waals surface area contributed by atoms with E-state index in [1.54, 1.807) is 7.11 Å². The Hall–Kier alpha value is -0.860. The molecule has 1 fully saturated rings. The van der Waals surface area contributed by atoms with Gasteiger partial charge in [0.05, 0.1) is 0 Å². The zero-order valence-electron chi connectivity index (χ0n) is 10.0. The van der Waals surface area contributed by atoms with Crippen LogP contribution >= 0.6 is 0 Å². The Morgan fingerprint density at radius 1 is 1.19 bits per heavy atom. The molecule has 0 atom stereocenters. The zero-order chi connectivity index (χ0) is 11.3. The molecule has 1 saturated heterocycles. The minimum Gasteiger partial charge on any atom is -0.385 e. The topological polar surface area (TPSA) is 21.3 Å². The first-order valence-electron chi connectivity index (χ1n) is 6.13. The standard InChI is InChI=1S/C14H21NO/c1-16-10-6-5-9-14(11-15-12-14)13-7-3-2-4-8-13/h2-4,7-8,15H,5-6,9-12H2,1H3. The van der Waals surface area contributed by atoms with E-state index in [1.807, 2.05) is 0 Å². The van der Waals surface area contributed by atoms with Crippen molar-refractivity contribution < 1.29 is 4.74 Å². The van der Waals surface area contributed by atoms with Crippen LogP contribution in [0.4, 0.5) is 0 Å². The average Bonchev–Trinajstić information content (AvgIpc) is 2.28. The zero-order valence-corrected chi connectivity index (χ0v) is 10.0. The van der Waals surface area contributed by atoms with Crippen LogP contribution in [0.1, 0.15) is 24.8 Å². The molecule has 1 aromatic rings. The van der Waals surface area contributed by atoms with Crippen molar-refractivity contribution in [2.24, 2.45) is 0 Å². The van der Waals surface area contributed by atoms with Gasteiger partial charge in [-0.1, -0.05) is 36.8 Å². The summed E-state index contributed by atoms with van der Waals surface area (Å²) in [5.74, 6) is 0. The predicted molar refractivity (Wildman–Crippen MR) is 66.7 cm³/mol. The summed E-state index contributed by atoms with van der Waals surface area (Å²) in [6, 6.07) is 10.9. The lowest BCUT2D eigenvalue weighted by molar-refractivity contribution is 0.181. The van der Waals surface area contributed by atoms with Gasteiger partial charge in [-0.05, 0) is 18.4 Å². The lowest BCUT2D eigenvalue weighted by Crippen LogP contribution is -2.56. The summed E-state index contributed by atoms with van der Waals surface area (Å²) in [6.07, 6.45) is 3.70. The Balaban J connectivity index is 1.92. The summed E-state index contributed by atoms with van der Waals surface area (Å²) in [6.45, 7) is 3.15. The van der Waals surface area contributed by atoms with E-state index in [0.717, 1.165) is 19.7 Å². The van der Waals surface area contributed by atoms with Crippen LogP contribution in [0.3, 0.4) is 0 Å². The van der Waals surface area contributed by atoms with Crippen LogP contribution < -0.4 is 5.32 Å². The highest BCUT2D eigenvalue weighted by atomic mass is 16.5. The Morgan fingerprint density at radius 3 is 2.50 bits per heavy atom. The number of hydrogen-bond donors (Lipinski definition) is 1. The van der Waals surface area contributed by atoms with Crippen molar-refractivity contribution in [3.8, 4) is 0 Å². The predicted octanol–water partition coefficient (Wildman–Crippen LogP) is 2.34. The number of benzene rings is 1. The second-order valence-corrected chi connectivity index (χ2v) is 4.70. The van der Waals surface area contributed by atoms with Gasteiger partial charge in [-0.25, -0.2) is 0 Å². The summed E-state index contributed by atoms with van der Waals surface area (Å²) in [4.78, 5) is 0. The molecule has 1 aliphatic heterocycles. The van der Waals surface area contributed by atoms with Gasteiger partial charge in [0.2, 0.25) is 0 Å². The van der Waals surface area contributed by atoms with Crippen LogP contribution in [0.5, 0.6) is 0 Å². The van der Waals surface area contributed by atoms with E-state index in [-0.39, 0.29) is 0 Å². The molecule has 1 N–H and O–H groups in total. The Kier molecular flexibility index (Phi) is 3.97. The fraction of sp³-hybridized carbons (Fsp3) is 0.571. The maximum atomic E-state index is 5.10. The van der Waals surface area contributed by atoms with E-state index in [1.165, 1.54) is 24.8 Å². The highest BCUT2D eigenvalue weighted by molar-refractivity contribution is 5.29. The Morgan fingerprint density at radius 2 is 1.94 bits per heavy atom. The van der Waals surface area contributed by atoms with Gasteiger partial charge in [0.15, 0.2) is 0 Å². The van der Waals surface area contributed by atoms with Crippen LogP contribution in [-0.4, -0.2) is 26.8 Å². The van der Waals surface area contributed by atoms with Crippen molar-refractivity contribution in [3.05, 3.63) is 35.9 Å². The normalized spacial score (nSPS) is 18.1. The third-order valence-electron chi connectivity index (χ3n) is 3.57. The number of hydrogen-bond acceptors (Lipinski definition) is 2. The van der Waals surface area contributed by atoms with Crippen LogP contribution in [0.15, 0.2) is 30.3 Å². The first-order chi connectivity index (χ1) is 7.87. The molecule has 1 heterocycles. The van der Waals surface area contributed by atoms with Gasteiger partial charge >= 0.3 is 0 Å². The largest absolute Gasteiger partial charge is 0.385 e. The second kappa shape index (κ2) is 5.46. The summed E-state index contributed by atoms with van der Waals surface area (Å²) >= 11 is 0. The molecule has 16 heavy (non-hydrogen) atoms. The lowest BCUT2D eigenvalue weighted by atomic mass is 9.72. The number of methoxy groups -OCH3 is 1. The van der Waals surface area contributed by atoms with Gasteiger partial charge in [-0.3, -0.25) is 0 Å². The van der Waals surface area contributed by atoms with Gasteiger partial charge < -0.3 is 10.1 Å². The highest BCUT2D eigenvalue weighted by Gasteiger charge is 2.37. The van der Waals surface area contributed by atoms with E-state index >= 15 is 0 Å². The molecule has 0 amide bonds. The fourth-order valence-electron chi connectivity index (χ4n) is 2.45. The molecule has 88 valence electrons. The van der Waals surface area contributed by atoms with Crippen LogP contribution in [-0.2, 0) is 10.2 Å².